The van der Waals surface area contributed by atoms with Crippen LogP contribution in [0.3, 0.4) is 0 Å². The standard InChI is InChI=1S/C24H20N2O6S/c1-26-21(19-8-5-9-33-19)20(13-6-3-4-7-14(13)23(26)28)22(27)25-16-11-18-17(31-12-32-18)10-15(16)24(29)30-2/h3-11,20-21H,12H2,1-2H3,(H,25,27). The van der Waals surface area contributed by atoms with Crippen molar-refractivity contribution in [1.29, 1.82) is 0 Å². The van der Waals surface area contributed by atoms with Gasteiger partial charge in [0.25, 0.3) is 5.91 Å². The number of carbonyl (C=O) groups excluding carboxylic acids is 3. The van der Waals surface area contributed by atoms with Gasteiger partial charge in [0.1, 0.15) is 0 Å². The Morgan fingerprint density at radius 1 is 1.12 bits per heavy atom. The summed E-state index contributed by atoms with van der Waals surface area (Å²) in [5.74, 6) is -0.994. The lowest BCUT2D eigenvalue weighted by Gasteiger charge is -2.39. The number of thiophene rings is 1. The molecule has 0 spiro atoms. The lowest BCUT2D eigenvalue weighted by molar-refractivity contribution is -0.119. The zero-order valence-corrected chi connectivity index (χ0v) is 18.7. The van der Waals surface area contributed by atoms with E-state index in [1.807, 2.05) is 23.6 Å². The van der Waals surface area contributed by atoms with E-state index in [1.54, 1.807) is 36.2 Å². The minimum Gasteiger partial charge on any atom is -0.465 e. The van der Waals surface area contributed by atoms with E-state index in [1.165, 1.54) is 24.5 Å². The molecule has 2 aromatic carbocycles. The molecule has 5 rings (SSSR count). The predicted octanol–water partition coefficient (Wildman–Crippen LogP) is 3.81. The normalized spacial score (nSPS) is 18.6. The van der Waals surface area contributed by atoms with E-state index in [9.17, 15) is 14.4 Å². The smallest absolute Gasteiger partial charge is 0.340 e. The van der Waals surface area contributed by atoms with Crippen molar-refractivity contribution >= 4 is 34.8 Å². The molecule has 8 nitrogen and oxygen atoms in total. The van der Waals surface area contributed by atoms with Crippen molar-refractivity contribution in [3.8, 4) is 11.5 Å². The molecule has 9 heteroatoms. The Bertz CT molecular complexity index is 1260. The van der Waals surface area contributed by atoms with E-state index in [2.05, 4.69) is 5.32 Å². The molecule has 168 valence electrons. The van der Waals surface area contributed by atoms with Gasteiger partial charge < -0.3 is 24.4 Å². The highest BCUT2D eigenvalue weighted by Gasteiger charge is 2.43. The van der Waals surface area contributed by atoms with Crippen LogP contribution in [0.5, 0.6) is 11.5 Å². The molecular weight excluding hydrogens is 444 g/mol. The van der Waals surface area contributed by atoms with Gasteiger partial charge in [0, 0.05) is 29.6 Å². The third kappa shape index (κ3) is 3.50. The monoisotopic (exact) mass is 464 g/mol. The number of rotatable bonds is 4. The second-order valence-electron chi connectivity index (χ2n) is 7.67. The van der Waals surface area contributed by atoms with E-state index >= 15 is 0 Å². The summed E-state index contributed by atoms with van der Waals surface area (Å²) in [6.07, 6.45) is 0. The topological polar surface area (TPSA) is 94.2 Å². The average molecular weight is 464 g/mol. The number of hydrogen-bond donors (Lipinski definition) is 1. The number of esters is 1. The van der Waals surface area contributed by atoms with Crippen molar-refractivity contribution in [1.82, 2.24) is 4.90 Å². The summed E-state index contributed by atoms with van der Waals surface area (Å²) < 4.78 is 15.7. The van der Waals surface area contributed by atoms with Crippen LogP contribution >= 0.6 is 11.3 Å². The summed E-state index contributed by atoms with van der Waals surface area (Å²) in [7, 11) is 2.96. The van der Waals surface area contributed by atoms with Crippen molar-refractivity contribution in [2.45, 2.75) is 12.0 Å². The van der Waals surface area contributed by atoms with Crippen LogP contribution in [0, 0.1) is 0 Å². The van der Waals surface area contributed by atoms with Crippen LogP contribution < -0.4 is 14.8 Å². The number of carbonyl (C=O) groups is 3. The molecule has 2 unspecified atom stereocenters. The first-order chi connectivity index (χ1) is 16.0. The van der Waals surface area contributed by atoms with Crippen LogP contribution in [-0.2, 0) is 9.53 Å². The highest BCUT2D eigenvalue weighted by molar-refractivity contribution is 7.10. The number of hydrogen-bond acceptors (Lipinski definition) is 7. The molecule has 1 aromatic heterocycles. The number of likely N-dealkylation sites (N-methyl/N-ethyl adjacent to an activating group) is 1. The molecule has 3 aromatic rings. The minimum absolute atomic E-state index is 0.0245. The molecule has 0 radical (unpaired) electrons. The third-order valence-corrected chi connectivity index (χ3v) is 6.82. The first-order valence-corrected chi connectivity index (χ1v) is 11.1. The van der Waals surface area contributed by atoms with E-state index in [0.29, 0.717) is 22.6 Å². The van der Waals surface area contributed by atoms with E-state index in [4.69, 9.17) is 14.2 Å². The number of ether oxygens (including phenoxy) is 3. The van der Waals surface area contributed by atoms with Crippen LogP contribution in [-0.4, -0.2) is 43.6 Å². The van der Waals surface area contributed by atoms with Gasteiger partial charge in [-0.1, -0.05) is 24.3 Å². The van der Waals surface area contributed by atoms with Crippen LogP contribution in [0.15, 0.2) is 53.9 Å². The molecule has 0 saturated heterocycles. The maximum atomic E-state index is 13.8. The first kappa shape index (κ1) is 21.0. The van der Waals surface area contributed by atoms with Crippen molar-refractivity contribution in [3.05, 3.63) is 75.5 Å². The summed E-state index contributed by atoms with van der Waals surface area (Å²) >= 11 is 1.48. The van der Waals surface area contributed by atoms with E-state index in [0.717, 1.165) is 4.88 Å². The van der Waals surface area contributed by atoms with Gasteiger partial charge in [-0.3, -0.25) is 9.59 Å². The lowest BCUT2D eigenvalue weighted by atomic mass is 9.81. The molecular formula is C24H20N2O6S. The quantitative estimate of drug-likeness (QED) is 0.590. The van der Waals surface area contributed by atoms with Crippen LogP contribution in [0.25, 0.3) is 0 Å². The molecule has 0 aliphatic carbocycles. The molecule has 0 bridgehead atoms. The van der Waals surface area contributed by atoms with E-state index < -0.39 is 17.9 Å². The maximum absolute atomic E-state index is 13.8. The number of fused-ring (bicyclic) bond motifs is 2. The molecule has 2 aliphatic heterocycles. The number of amides is 2. The summed E-state index contributed by atoms with van der Waals surface area (Å²) in [5.41, 5.74) is 1.51. The third-order valence-electron chi connectivity index (χ3n) is 5.87. The Hall–Kier alpha value is -3.85. The fourth-order valence-electron chi connectivity index (χ4n) is 4.31. The molecule has 0 fully saturated rings. The minimum atomic E-state index is -0.696. The van der Waals surface area contributed by atoms with Crippen molar-refractivity contribution in [2.75, 3.05) is 26.3 Å². The SMILES string of the molecule is COC(=O)c1cc2c(cc1NC(=O)C1c3ccccc3C(=O)N(C)C1c1cccs1)OCO2. The van der Waals surface area contributed by atoms with Crippen molar-refractivity contribution in [3.63, 3.8) is 0 Å². The zero-order valence-electron chi connectivity index (χ0n) is 17.9. The number of nitrogens with zero attached hydrogens (tertiary/aromatic N) is 1. The van der Waals surface area contributed by atoms with Gasteiger partial charge in [-0.2, -0.15) is 0 Å². The molecule has 2 atom stereocenters. The fraction of sp³-hybridized carbons (Fsp3) is 0.208. The molecule has 0 saturated carbocycles. The van der Waals surface area contributed by atoms with Crippen LogP contribution in [0.4, 0.5) is 5.69 Å². The Labute approximate surface area is 193 Å². The predicted molar refractivity (Wildman–Crippen MR) is 121 cm³/mol. The molecule has 2 aliphatic rings. The second-order valence-corrected chi connectivity index (χ2v) is 8.65. The van der Waals surface area contributed by atoms with Crippen molar-refractivity contribution in [2.24, 2.45) is 0 Å². The van der Waals surface area contributed by atoms with Gasteiger partial charge in [-0.15, -0.1) is 11.3 Å². The summed E-state index contributed by atoms with van der Waals surface area (Å²) in [5, 5.41) is 4.80. The Balaban J connectivity index is 1.59. The summed E-state index contributed by atoms with van der Waals surface area (Å²) in [6.45, 7) is 0.0245. The number of methoxy groups -OCH3 is 1. The van der Waals surface area contributed by atoms with Gasteiger partial charge in [0.15, 0.2) is 11.5 Å². The van der Waals surface area contributed by atoms with Crippen LogP contribution in [0.2, 0.25) is 0 Å². The second kappa shape index (κ2) is 8.25. The van der Waals surface area contributed by atoms with Gasteiger partial charge in [-0.25, -0.2) is 4.79 Å². The Kier molecular flexibility index (Phi) is 5.26. The molecule has 2 amide bonds. The number of anilines is 1. The van der Waals surface area contributed by atoms with Crippen LogP contribution in [0.1, 0.15) is 43.1 Å². The Morgan fingerprint density at radius 3 is 2.61 bits per heavy atom. The number of benzene rings is 2. The summed E-state index contributed by atoms with van der Waals surface area (Å²) in [4.78, 5) is 41.7. The highest BCUT2D eigenvalue weighted by Crippen LogP contribution is 2.44. The number of nitrogens with one attached hydrogen (secondary N) is 1. The molecule has 33 heavy (non-hydrogen) atoms. The largest absolute Gasteiger partial charge is 0.465 e. The first-order valence-electron chi connectivity index (χ1n) is 10.2. The molecule has 1 N–H and O–H groups in total. The average Bonchev–Trinajstić information content (AvgIpc) is 3.52. The lowest BCUT2D eigenvalue weighted by Crippen LogP contribution is -2.43. The molecule has 3 heterocycles. The van der Waals surface area contributed by atoms with Gasteiger partial charge in [0.2, 0.25) is 12.7 Å². The van der Waals surface area contributed by atoms with Crippen molar-refractivity contribution < 1.29 is 28.6 Å². The maximum Gasteiger partial charge on any atom is 0.340 e. The zero-order chi connectivity index (χ0) is 23.1. The Morgan fingerprint density at radius 2 is 1.88 bits per heavy atom. The van der Waals surface area contributed by atoms with Gasteiger partial charge >= 0.3 is 5.97 Å². The highest BCUT2D eigenvalue weighted by atomic mass is 32.1. The fourth-order valence-corrected chi connectivity index (χ4v) is 5.21. The van der Waals surface area contributed by atoms with E-state index in [-0.39, 0.29) is 29.9 Å². The van der Waals surface area contributed by atoms with Gasteiger partial charge in [0.05, 0.1) is 30.3 Å². The van der Waals surface area contributed by atoms with Gasteiger partial charge in [-0.05, 0) is 23.1 Å². The summed E-state index contributed by atoms with van der Waals surface area (Å²) in [6, 6.07) is 13.5.